The molecule has 100 valence electrons. The summed E-state index contributed by atoms with van der Waals surface area (Å²) in [6.45, 7) is 11.9. The Bertz CT molecular complexity index is 380. The lowest BCUT2D eigenvalue weighted by Gasteiger charge is -2.08. The van der Waals surface area contributed by atoms with Gasteiger partial charge in [-0.05, 0) is 24.1 Å². The maximum Gasteiger partial charge on any atom is 0.498 e. The first-order valence-corrected chi connectivity index (χ1v) is 6.84. The summed E-state index contributed by atoms with van der Waals surface area (Å²) in [6.07, 6.45) is 0. The summed E-state index contributed by atoms with van der Waals surface area (Å²) >= 11 is 0. The molecule has 0 radical (unpaired) electrons. The summed E-state index contributed by atoms with van der Waals surface area (Å²) < 4.78 is 16.7. The molecule has 18 heavy (non-hydrogen) atoms. The van der Waals surface area contributed by atoms with Crippen LogP contribution in [0.1, 0.15) is 38.8 Å². The molecular weight excluding hydrogens is 227 g/mol. The van der Waals surface area contributed by atoms with E-state index in [0.29, 0.717) is 19.8 Å². The first-order chi connectivity index (χ1) is 8.86. The largest absolute Gasteiger partial charge is 0.498 e. The van der Waals surface area contributed by atoms with Crippen LogP contribution in [0.3, 0.4) is 0 Å². The minimum Gasteiger partial charge on any atom is -0.492 e. The predicted molar refractivity (Wildman–Crippen MR) is 75.5 cm³/mol. The van der Waals surface area contributed by atoms with Gasteiger partial charge in [0.1, 0.15) is 12.4 Å². The molecule has 4 heteroatoms. The van der Waals surface area contributed by atoms with Crippen molar-refractivity contribution >= 4 is 12.6 Å². The second-order valence-corrected chi connectivity index (χ2v) is 3.64. The van der Waals surface area contributed by atoms with E-state index in [9.17, 15) is 0 Å². The standard InChI is InChI=1S/C10H11BO3.2C2H6/c1-7-2-3-9-10-8(7)6-14-11(10)13-5-4-12-9;2*1-2/h2-3H,4-6H2,1H3;2*1-2H3. The summed E-state index contributed by atoms with van der Waals surface area (Å²) in [5, 5.41) is 0. The Balaban J connectivity index is 0.000000371. The molecule has 0 bridgehead atoms. The van der Waals surface area contributed by atoms with E-state index in [4.69, 9.17) is 14.0 Å². The fourth-order valence-electron chi connectivity index (χ4n) is 2.01. The van der Waals surface area contributed by atoms with E-state index in [1.165, 1.54) is 11.1 Å². The zero-order valence-corrected chi connectivity index (χ0v) is 12.1. The van der Waals surface area contributed by atoms with Crippen molar-refractivity contribution in [3.8, 4) is 5.75 Å². The smallest absolute Gasteiger partial charge is 0.492 e. The quantitative estimate of drug-likeness (QED) is 0.662. The van der Waals surface area contributed by atoms with Gasteiger partial charge < -0.3 is 14.0 Å². The Kier molecular flexibility index (Phi) is 6.23. The molecule has 0 spiro atoms. The van der Waals surface area contributed by atoms with Gasteiger partial charge in [-0.2, -0.15) is 0 Å². The van der Waals surface area contributed by atoms with Gasteiger partial charge in [0.2, 0.25) is 0 Å². The van der Waals surface area contributed by atoms with E-state index in [-0.39, 0.29) is 7.12 Å². The molecule has 0 aromatic heterocycles. The molecule has 0 saturated heterocycles. The van der Waals surface area contributed by atoms with Gasteiger partial charge in [-0.25, -0.2) is 0 Å². The molecule has 0 saturated carbocycles. The van der Waals surface area contributed by atoms with Crippen LogP contribution in [0.25, 0.3) is 0 Å². The molecule has 0 aliphatic carbocycles. The van der Waals surface area contributed by atoms with E-state index in [2.05, 4.69) is 13.0 Å². The van der Waals surface area contributed by atoms with Crippen molar-refractivity contribution < 1.29 is 14.0 Å². The SMILES string of the molecule is CC.CC.Cc1ccc2c3c1COB3OCCO2. The van der Waals surface area contributed by atoms with Crippen LogP contribution in [0, 0.1) is 6.92 Å². The van der Waals surface area contributed by atoms with Crippen molar-refractivity contribution in [2.75, 3.05) is 13.2 Å². The van der Waals surface area contributed by atoms with Crippen LogP contribution in [0.15, 0.2) is 12.1 Å². The van der Waals surface area contributed by atoms with Crippen molar-refractivity contribution in [1.82, 2.24) is 0 Å². The Labute approximate surface area is 111 Å². The molecule has 0 N–H and O–H groups in total. The lowest BCUT2D eigenvalue weighted by atomic mass is 9.77. The van der Waals surface area contributed by atoms with Gasteiger partial charge in [-0.15, -0.1) is 0 Å². The third kappa shape index (κ3) is 2.87. The first-order valence-electron chi connectivity index (χ1n) is 6.84. The molecule has 1 aromatic rings. The van der Waals surface area contributed by atoms with Gasteiger partial charge in [-0.3, -0.25) is 0 Å². The lowest BCUT2D eigenvalue weighted by Crippen LogP contribution is -2.31. The van der Waals surface area contributed by atoms with Gasteiger partial charge >= 0.3 is 7.12 Å². The highest BCUT2D eigenvalue weighted by Gasteiger charge is 2.36. The molecule has 0 amide bonds. The molecule has 2 aliphatic rings. The number of ether oxygens (including phenoxy) is 1. The van der Waals surface area contributed by atoms with Crippen LogP contribution >= 0.6 is 0 Å². The summed E-state index contributed by atoms with van der Waals surface area (Å²) in [5.74, 6) is 0.922. The number of hydrogen-bond donors (Lipinski definition) is 0. The molecule has 0 fully saturated rings. The number of aryl methyl sites for hydroxylation is 1. The molecule has 3 nitrogen and oxygen atoms in total. The van der Waals surface area contributed by atoms with Gasteiger partial charge in [0.05, 0.1) is 13.2 Å². The van der Waals surface area contributed by atoms with Crippen molar-refractivity contribution in [3.05, 3.63) is 23.3 Å². The first kappa shape index (κ1) is 15.1. The fraction of sp³-hybridized carbons (Fsp3) is 0.571. The van der Waals surface area contributed by atoms with E-state index >= 15 is 0 Å². The Morgan fingerprint density at radius 2 is 1.72 bits per heavy atom. The predicted octanol–water partition coefficient (Wildman–Crippen LogP) is 2.68. The van der Waals surface area contributed by atoms with E-state index in [1.54, 1.807) is 0 Å². The Hall–Kier alpha value is -0.995. The zero-order valence-electron chi connectivity index (χ0n) is 12.1. The summed E-state index contributed by atoms with van der Waals surface area (Å²) in [4.78, 5) is 0. The highest BCUT2D eigenvalue weighted by molar-refractivity contribution is 6.64. The average Bonchev–Trinajstić information content (AvgIpc) is 2.76. The van der Waals surface area contributed by atoms with Crippen molar-refractivity contribution in [2.24, 2.45) is 0 Å². The van der Waals surface area contributed by atoms with Gasteiger partial charge in [0, 0.05) is 5.46 Å². The van der Waals surface area contributed by atoms with Crippen molar-refractivity contribution in [3.63, 3.8) is 0 Å². The second kappa shape index (κ2) is 7.44. The summed E-state index contributed by atoms with van der Waals surface area (Å²) in [5.41, 5.74) is 3.58. The second-order valence-electron chi connectivity index (χ2n) is 3.64. The molecular formula is C14H23BO3. The number of rotatable bonds is 0. The highest BCUT2D eigenvalue weighted by Crippen LogP contribution is 2.24. The number of hydrogen-bond acceptors (Lipinski definition) is 3. The molecule has 0 unspecified atom stereocenters. The summed E-state index contributed by atoms with van der Waals surface area (Å²) in [6, 6.07) is 4.08. The van der Waals surface area contributed by atoms with Crippen LogP contribution in [-0.4, -0.2) is 20.3 Å². The molecule has 0 atom stereocenters. The van der Waals surface area contributed by atoms with E-state index < -0.39 is 0 Å². The maximum absolute atomic E-state index is 5.59. The normalized spacial score (nSPS) is 15.3. The van der Waals surface area contributed by atoms with E-state index in [1.807, 2.05) is 33.8 Å². The molecule has 2 heterocycles. The monoisotopic (exact) mass is 250 g/mol. The van der Waals surface area contributed by atoms with Crippen LogP contribution in [0.2, 0.25) is 0 Å². The minimum absolute atomic E-state index is 0.206. The third-order valence-corrected chi connectivity index (χ3v) is 2.78. The van der Waals surface area contributed by atoms with Crippen LogP contribution in [0.5, 0.6) is 5.75 Å². The van der Waals surface area contributed by atoms with Crippen LogP contribution in [0.4, 0.5) is 0 Å². The fourth-order valence-corrected chi connectivity index (χ4v) is 2.01. The van der Waals surface area contributed by atoms with Gasteiger partial charge in [0.15, 0.2) is 0 Å². The minimum atomic E-state index is -0.206. The zero-order chi connectivity index (χ0) is 13.5. The van der Waals surface area contributed by atoms with Crippen molar-refractivity contribution in [1.29, 1.82) is 0 Å². The van der Waals surface area contributed by atoms with Crippen LogP contribution in [-0.2, 0) is 15.9 Å². The molecule has 2 aliphatic heterocycles. The lowest BCUT2D eigenvalue weighted by molar-refractivity contribution is 0.179. The molecule has 3 rings (SSSR count). The summed E-state index contributed by atoms with van der Waals surface area (Å²) in [7, 11) is -0.206. The molecule has 1 aromatic carbocycles. The maximum atomic E-state index is 5.59. The Morgan fingerprint density at radius 3 is 2.44 bits per heavy atom. The van der Waals surface area contributed by atoms with Crippen molar-refractivity contribution in [2.45, 2.75) is 41.2 Å². The average molecular weight is 250 g/mol. The van der Waals surface area contributed by atoms with Gasteiger partial charge in [0.25, 0.3) is 0 Å². The highest BCUT2D eigenvalue weighted by atomic mass is 16.6. The van der Waals surface area contributed by atoms with Crippen LogP contribution < -0.4 is 10.2 Å². The van der Waals surface area contributed by atoms with E-state index in [0.717, 1.165) is 11.2 Å². The topological polar surface area (TPSA) is 27.7 Å². The van der Waals surface area contributed by atoms with Gasteiger partial charge in [-0.1, -0.05) is 33.8 Å². The number of benzene rings is 1. The third-order valence-electron chi connectivity index (χ3n) is 2.78. The Morgan fingerprint density at radius 1 is 1.00 bits per heavy atom.